The van der Waals surface area contributed by atoms with Crippen molar-refractivity contribution in [1.29, 1.82) is 0 Å². The third-order valence-corrected chi connectivity index (χ3v) is 13.1. The predicted molar refractivity (Wildman–Crippen MR) is 380 cm³/mol. The third kappa shape index (κ3) is 100.0. The second kappa shape index (κ2) is 103. The van der Waals surface area contributed by atoms with Crippen molar-refractivity contribution < 1.29 is 175 Å². The molecule has 8 N–H and O–H groups in total. The van der Waals surface area contributed by atoms with Gasteiger partial charge in [0.05, 0.1) is 39.3 Å². The molecule has 100 heavy (non-hydrogen) atoms. The number of nitrogens with zero attached hydrogens (tertiary/aromatic N) is 24. The van der Waals surface area contributed by atoms with E-state index < -0.39 is 0 Å². The van der Waals surface area contributed by atoms with Crippen LogP contribution >= 0.6 is 191 Å². The van der Waals surface area contributed by atoms with Gasteiger partial charge in [0.25, 0.3) is 0 Å². The summed E-state index contributed by atoms with van der Waals surface area (Å²) >= 11 is 37.9. The number of nitrogens with one attached hydrogen (secondary N) is 2. The minimum absolute atomic E-state index is 0. The SMILES string of the molecule is Brc1cn[n-]c1.Brc1cn[n-]c1.Brc1cn[n-]c1.Brc1cn[n-]c1.Brc1cn[n-]c1.Brc1cn[n-]c1.Brc1cn[n-]c1.Brc1cn[n-]c1.Brc1cn[n-]c1.Brc1cn[n-]c1.Brc1cnn[cH-]1.Brc1cnn[cH-]1.CC[NH+](CC)CC.CC[NH+](CC)CC.[Ni+2].[Ni+2].[Ni+2].[Ni+2].[Ni+2].[Ni+2].[Ni+2].[Ni+2].[OH-].[OH-].[OH-].[OH-].[OH-].[OH-]. The first kappa shape index (κ1) is 139. The first-order valence-electron chi connectivity index (χ1n) is 24.2. The number of hydrogen-bond donors (Lipinski definition) is 2. The van der Waals surface area contributed by atoms with Gasteiger partial charge in [0.15, 0.2) is 0 Å². The van der Waals surface area contributed by atoms with Crippen LogP contribution in [0.4, 0.5) is 0 Å². The topological polar surface area (TPSA) is 510 Å². The number of quaternary nitrogens is 2. The fourth-order valence-electron chi connectivity index (χ4n) is 4.02. The Bertz CT molecular complexity index is 2320. The van der Waals surface area contributed by atoms with Gasteiger partial charge in [-0.1, -0.05) is 216 Å². The molecule has 0 bridgehead atoms. The summed E-state index contributed by atoms with van der Waals surface area (Å²) in [5, 5.41) is 84.6. The Morgan fingerprint density at radius 3 is 0.380 bits per heavy atom. The molecule has 0 aliphatic heterocycles. The maximum Gasteiger partial charge on any atom is 2.00 e. The molecule has 0 fully saturated rings. The van der Waals surface area contributed by atoms with Gasteiger partial charge >= 0.3 is 132 Å². The largest absolute Gasteiger partial charge is 2.00 e. The summed E-state index contributed by atoms with van der Waals surface area (Å²) in [6.07, 6.45) is 39.3. The number of halogens is 12. The summed E-state index contributed by atoms with van der Waals surface area (Å²) in [5.74, 6) is 0. The minimum Gasteiger partial charge on any atom is -0.870 e. The monoisotopic (exact) mass is 2510 g/mol. The van der Waals surface area contributed by atoms with E-state index in [1.54, 1.807) is 159 Å². The van der Waals surface area contributed by atoms with Crippen LogP contribution in [0.25, 0.3) is 0 Å². The van der Waals surface area contributed by atoms with Crippen LogP contribution < -0.4 is 60.8 Å². The number of aromatic nitrogens is 24. The van der Waals surface area contributed by atoms with Gasteiger partial charge in [0.2, 0.25) is 0 Å². The maximum atomic E-state index is 3.52. The first-order chi connectivity index (χ1) is 41.4. The fraction of sp³-hybridized carbons (Fsp3) is 0.250. The van der Waals surface area contributed by atoms with Gasteiger partial charge in [-0.25, -0.2) is 0 Å². The quantitative estimate of drug-likeness (QED) is 0.116. The summed E-state index contributed by atoms with van der Waals surface area (Å²) in [6, 6.07) is 0. The Balaban J connectivity index is -0.0000000537. The van der Waals surface area contributed by atoms with Crippen molar-refractivity contribution in [2.24, 2.45) is 0 Å². The van der Waals surface area contributed by atoms with Crippen molar-refractivity contribution in [1.82, 2.24) is 122 Å². The number of rotatable bonds is 6. The fourth-order valence-corrected chi connectivity index (χ4v) is 6.22. The Labute approximate surface area is 760 Å². The second-order valence-electron chi connectivity index (χ2n) is 14.1. The summed E-state index contributed by atoms with van der Waals surface area (Å²) in [4.78, 5) is 3.36. The Hall–Kier alpha value is -0.0919. The molecule has 0 aromatic carbocycles. The molecular weight excluding hydrogens is 2470 g/mol. The average molecular weight is 2530 g/mol. The number of hydrogen-bond acceptors (Lipinski definition) is 20. The van der Waals surface area contributed by atoms with Crippen molar-refractivity contribution in [2.45, 2.75) is 41.5 Å². The molecule has 0 saturated carbocycles. The van der Waals surface area contributed by atoms with E-state index in [4.69, 9.17) is 0 Å². The van der Waals surface area contributed by atoms with E-state index in [2.05, 4.69) is 355 Å². The van der Waals surface area contributed by atoms with Gasteiger partial charge in [-0.05, 0) is 41.5 Å². The molecule has 12 heterocycles. The van der Waals surface area contributed by atoms with E-state index >= 15 is 0 Å². The summed E-state index contributed by atoms with van der Waals surface area (Å²) in [7, 11) is 0. The third-order valence-electron chi connectivity index (χ3n) is 8.15. The summed E-state index contributed by atoms with van der Waals surface area (Å²) in [6.45, 7) is 21.0. The smallest absolute Gasteiger partial charge is 0.870 e. The standard InChI is InChI=1S/2C6H15N.12C3H2BrN2.8Ni.6H2O/c2*1-4-7(5-2)6-3;12*4-3-1-5-6-2-3;;;;;;;;;;;;;;/h2*4-6H2,1-3H3;12*1-2H;;;;;;;;;6*1H2/q;;12*-1;8*+2;;;;;;/p-4. The zero-order chi connectivity index (χ0) is 64.3. The van der Waals surface area contributed by atoms with Gasteiger partial charge in [-0.2, -0.15) is 0 Å². The van der Waals surface area contributed by atoms with Crippen LogP contribution in [-0.4, -0.2) is 144 Å². The molecule has 32 nitrogen and oxygen atoms in total. The van der Waals surface area contributed by atoms with Crippen LogP contribution in [-0.2, 0) is 132 Å². The Morgan fingerprint density at radius 2 is 0.360 bits per heavy atom. The van der Waals surface area contributed by atoms with E-state index in [0.29, 0.717) is 0 Å². The molecular formula is C48H62Br12N26Ni8O6. The average Bonchev–Trinajstić information content (AvgIpc) is 3.84. The zero-order valence-electron chi connectivity index (χ0n) is 51.6. The molecule has 0 amide bonds. The molecule has 12 aromatic heterocycles. The van der Waals surface area contributed by atoms with E-state index in [-0.39, 0.29) is 165 Å². The van der Waals surface area contributed by atoms with Gasteiger partial charge in [-0.3, -0.25) is 20.4 Å². The van der Waals surface area contributed by atoms with Crippen LogP contribution in [0.2, 0.25) is 0 Å². The van der Waals surface area contributed by atoms with Crippen LogP contribution in [0, 0.1) is 0 Å². The molecule has 584 valence electrons. The van der Waals surface area contributed by atoms with Crippen LogP contribution in [0.1, 0.15) is 41.5 Å². The van der Waals surface area contributed by atoms with Crippen LogP contribution in [0.5, 0.6) is 0 Å². The molecule has 0 unspecified atom stereocenters. The van der Waals surface area contributed by atoms with Gasteiger partial charge in [0, 0.05) is 107 Å². The van der Waals surface area contributed by atoms with Gasteiger partial charge < -0.3 is 145 Å². The predicted octanol–water partition coefficient (Wildman–Crippen LogP) is 8.71. The molecule has 0 aliphatic carbocycles. The second-order valence-corrected chi connectivity index (χ2v) is 25.1. The molecule has 52 heteroatoms. The Morgan fingerprint density at radius 1 is 0.240 bits per heavy atom. The molecule has 12 aromatic rings. The van der Waals surface area contributed by atoms with Crippen molar-refractivity contribution in [2.75, 3.05) is 39.3 Å². The van der Waals surface area contributed by atoms with E-state index in [1.165, 1.54) is 39.3 Å². The van der Waals surface area contributed by atoms with Crippen molar-refractivity contribution in [3.8, 4) is 0 Å². The van der Waals surface area contributed by atoms with E-state index in [1.807, 2.05) is 0 Å². The van der Waals surface area contributed by atoms with Crippen molar-refractivity contribution in [3.63, 3.8) is 0 Å². The van der Waals surface area contributed by atoms with Gasteiger partial charge in [-0.15, -0.1) is 70.9 Å². The van der Waals surface area contributed by atoms with Gasteiger partial charge in [0.1, 0.15) is 0 Å². The minimum atomic E-state index is 0. The van der Waals surface area contributed by atoms with E-state index in [0.717, 1.165) is 53.7 Å². The molecule has 0 spiro atoms. The van der Waals surface area contributed by atoms with Crippen molar-refractivity contribution >= 4 is 191 Å². The molecule has 0 aliphatic rings. The molecule has 0 atom stereocenters. The normalized spacial score (nSPS) is 7.80. The zero-order valence-corrected chi connectivity index (χ0v) is 78.5. The summed E-state index contributed by atoms with van der Waals surface area (Å²) in [5.41, 5.74) is 0. The van der Waals surface area contributed by atoms with Crippen LogP contribution in [0.15, 0.2) is 202 Å². The Kier molecular flexibility index (Phi) is 143. The summed E-state index contributed by atoms with van der Waals surface area (Å²) < 4.78 is 11.2. The van der Waals surface area contributed by atoms with Crippen LogP contribution in [0.3, 0.4) is 0 Å². The molecule has 0 saturated heterocycles. The van der Waals surface area contributed by atoms with E-state index in [9.17, 15) is 0 Å². The maximum absolute atomic E-state index is 3.52. The first-order valence-corrected chi connectivity index (χ1v) is 33.7. The molecule has 0 radical (unpaired) electrons. The van der Waals surface area contributed by atoms with Crippen molar-refractivity contribution in [3.05, 3.63) is 202 Å². The molecule has 12 rings (SSSR count).